The Morgan fingerprint density at radius 3 is 2.52 bits per heavy atom. The van der Waals surface area contributed by atoms with Gasteiger partial charge in [0.1, 0.15) is 11.5 Å². The van der Waals surface area contributed by atoms with Crippen LogP contribution in [-0.2, 0) is 0 Å². The van der Waals surface area contributed by atoms with Crippen molar-refractivity contribution in [2.45, 2.75) is 6.42 Å². The number of pyridine rings is 1. The smallest absolute Gasteiger partial charge is 0.267 e. The SMILES string of the molecule is NCCCN(c1ccc(F)cc1)c1ccnc(C(N)=O)c1. The summed E-state index contributed by atoms with van der Waals surface area (Å²) in [7, 11) is 0. The zero-order valence-electron chi connectivity index (χ0n) is 11.5. The van der Waals surface area contributed by atoms with Gasteiger partial charge in [-0.25, -0.2) is 4.39 Å². The number of halogens is 1. The van der Waals surface area contributed by atoms with Crippen LogP contribution < -0.4 is 16.4 Å². The van der Waals surface area contributed by atoms with Gasteiger partial charge in [0.15, 0.2) is 0 Å². The Morgan fingerprint density at radius 2 is 1.90 bits per heavy atom. The highest BCUT2D eigenvalue weighted by Crippen LogP contribution is 2.25. The molecule has 0 fully saturated rings. The normalized spacial score (nSPS) is 10.4. The summed E-state index contributed by atoms with van der Waals surface area (Å²) in [6.45, 7) is 1.18. The average molecular weight is 288 g/mol. The van der Waals surface area contributed by atoms with E-state index in [-0.39, 0.29) is 11.5 Å². The number of amides is 1. The Bertz CT molecular complexity index is 615. The van der Waals surface area contributed by atoms with Gasteiger partial charge < -0.3 is 16.4 Å². The largest absolute Gasteiger partial charge is 0.364 e. The van der Waals surface area contributed by atoms with Gasteiger partial charge in [0.05, 0.1) is 0 Å². The van der Waals surface area contributed by atoms with Crippen LogP contribution in [0.2, 0.25) is 0 Å². The first-order chi connectivity index (χ1) is 10.1. The zero-order valence-corrected chi connectivity index (χ0v) is 11.5. The highest BCUT2D eigenvalue weighted by atomic mass is 19.1. The summed E-state index contributed by atoms with van der Waals surface area (Å²) in [6, 6.07) is 9.52. The Hall–Kier alpha value is -2.47. The molecular weight excluding hydrogens is 271 g/mol. The molecule has 1 aromatic heterocycles. The third-order valence-electron chi connectivity index (χ3n) is 3.03. The highest BCUT2D eigenvalue weighted by Gasteiger charge is 2.11. The van der Waals surface area contributed by atoms with Crippen LogP contribution in [0.15, 0.2) is 42.6 Å². The fourth-order valence-corrected chi connectivity index (χ4v) is 2.00. The Labute approximate surface area is 122 Å². The molecule has 5 nitrogen and oxygen atoms in total. The summed E-state index contributed by atoms with van der Waals surface area (Å²) >= 11 is 0. The molecular formula is C15H17FN4O. The lowest BCUT2D eigenvalue weighted by molar-refractivity contribution is 0.0995. The first-order valence-electron chi connectivity index (χ1n) is 6.61. The highest BCUT2D eigenvalue weighted by molar-refractivity contribution is 5.91. The van der Waals surface area contributed by atoms with Crippen LogP contribution in [0.5, 0.6) is 0 Å². The summed E-state index contributed by atoms with van der Waals surface area (Å²) in [5, 5.41) is 0. The molecule has 110 valence electrons. The third-order valence-corrected chi connectivity index (χ3v) is 3.03. The lowest BCUT2D eigenvalue weighted by Gasteiger charge is -2.25. The minimum atomic E-state index is -0.588. The fraction of sp³-hybridized carbons (Fsp3) is 0.200. The molecule has 2 aromatic rings. The third kappa shape index (κ3) is 3.76. The quantitative estimate of drug-likeness (QED) is 0.849. The van der Waals surface area contributed by atoms with E-state index < -0.39 is 5.91 Å². The van der Waals surface area contributed by atoms with Crippen molar-refractivity contribution in [2.24, 2.45) is 11.5 Å². The van der Waals surface area contributed by atoms with Crippen molar-refractivity contribution < 1.29 is 9.18 Å². The maximum absolute atomic E-state index is 13.1. The molecule has 0 saturated carbocycles. The number of primary amides is 1. The van der Waals surface area contributed by atoms with Crippen LogP contribution in [0.4, 0.5) is 15.8 Å². The second-order valence-corrected chi connectivity index (χ2v) is 4.53. The summed E-state index contributed by atoms with van der Waals surface area (Å²) in [5.41, 5.74) is 12.6. The van der Waals surface area contributed by atoms with E-state index in [1.165, 1.54) is 18.3 Å². The van der Waals surface area contributed by atoms with E-state index in [0.29, 0.717) is 13.1 Å². The minimum absolute atomic E-state index is 0.187. The van der Waals surface area contributed by atoms with Crippen molar-refractivity contribution in [1.29, 1.82) is 0 Å². The van der Waals surface area contributed by atoms with Gasteiger partial charge in [-0.2, -0.15) is 0 Å². The van der Waals surface area contributed by atoms with Crippen LogP contribution >= 0.6 is 0 Å². The molecule has 0 unspecified atom stereocenters. The first-order valence-corrected chi connectivity index (χ1v) is 6.61. The number of hydrogen-bond acceptors (Lipinski definition) is 4. The van der Waals surface area contributed by atoms with E-state index in [0.717, 1.165) is 17.8 Å². The van der Waals surface area contributed by atoms with E-state index in [4.69, 9.17) is 11.5 Å². The Morgan fingerprint density at radius 1 is 1.19 bits per heavy atom. The standard InChI is InChI=1S/C15H17FN4O/c16-11-2-4-12(5-3-11)20(9-1-7-17)13-6-8-19-14(10-13)15(18)21/h2-6,8,10H,1,7,9,17H2,(H2,18,21). The molecule has 0 atom stereocenters. The van der Waals surface area contributed by atoms with Crippen molar-refractivity contribution in [2.75, 3.05) is 18.0 Å². The minimum Gasteiger partial charge on any atom is -0.364 e. The number of anilines is 2. The van der Waals surface area contributed by atoms with E-state index in [1.54, 1.807) is 24.3 Å². The molecule has 0 aliphatic carbocycles. The number of carbonyl (C=O) groups excluding carboxylic acids is 1. The van der Waals surface area contributed by atoms with Gasteiger partial charge in [-0.1, -0.05) is 0 Å². The monoisotopic (exact) mass is 288 g/mol. The van der Waals surface area contributed by atoms with Gasteiger partial charge in [-0.05, 0) is 49.4 Å². The Kier molecular flexibility index (Phi) is 4.84. The number of benzene rings is 1. The van der Waals surface area contributed by atoms with Crippen molar-refractivity contribution in [3.05, 3.63) is 54.1 Å². The molecule has 4 N–H and O–H groups in total. The van der Waals surface area contributed by atoms with E-state index >= 15 is 0 Å². The molecule has 0 saturated heterocycles. The van der Waals surface area contributed by atoms with E-state index in [1.807, 2.05) is 4.90 Å². The van der Waals surface area contributed by atoms with Crippen LogP contribution in [-0.4, -0.2) is 24.0 Å². The van der Waals surface area contributed by atoms with Crippen LogP contribution in [0, 0.1) is 5.82 Å². The predicted octanol–water partition coefficient (Wildman–Crippen LogP) is 1.81. The van der Waals surface area contributed by atoms with E-state index in [2.05, 4.69) is 4.98 Å². The lowest BCUT2D eigenvalue weighted by Crippen LogP contribution is -2.22. The summed E-state index contributed by atoms with van der Waals surface area (Å²) in [4.78, 5) is 17.1. The number of carbonyl (C=O) groups is 1. The van der Waals surface area contributed by atoms with Crippen molar-refractivity contribution >= 4 is 17.3 Å². The topological polar surface area (TPSA) is 85.2 Å². The van der Waals surface area contributed by atoms with Gasteiger partial charge >= 0.3 is 0 Å². The van der Waals surface area contributed by atoms with Gasteiger partial charge in [0, 0.05) is 24.1 Å². The van der Waals surface area contributed by atoms with Crippen LogP contribution in [0.25, 0.3) is 0 Å². The zero-order chi connectivity index (χ0) is 15.2. The van der Waals surface area contributed by atoms with E-state index in [9.17, 15) is 9.18 Å². The second kappa shape index (κ2) is 6.81. The second-order valence-electron chi connectivity index (χ2n) is 4.53. The summed E-state index contributed by atoms with van der Waals surface area (Å²) in [6.07, 6.45) is 2.28. The molecule has 6 heteroatoms. The molecule has 1 heterocycles. The van der Waals surface area contributed by atoms with Crippen molar-refractivity contribution in [3.63, 3.8) is 0 Å². The van der Waals surface area contributed by atoms with Gasteiger partial charge in [-0.15, -0.1) is 0 Å². The van der Waals surface area contributed by atoms with Crippen molar-refractivity contribution in [3.8, 4) is 0 Å². The molecule has 1 amide bonds. The number of rotatable bonds is 6. The summed E-state index contributed by atoms with van der Waals surface area (Å²) < 4.78 is 13.1. The Balaban J connectivity index is 2.37. The maximum Gasteiger partial charge on any atom is 0.267 e. The van der Waals surface area contributed by atoms with Crippen LogP contribution in [0.3, 0.4) is 0 Å². The van der Waals surface area contributed by atoms with Gasteiger partial charge in [0.2, 0.25) is 0 Å². The lowest BCUT2D eigenvalue weighted by atomic mass is 10.2. The average Bonchev–Trinajstić information content (AvgIpc) is 2.49. The molecule has 0 aliphatic rings. The first kappa shape index (κ1) is 14.9. The fourth-order valence-electron chi connectivity index (χ4n) is 2.00. The molecule has 1 aromatic carbocycles. The predicted molar refractivity (Wildman–Crippen MR) is 79.8 cm³/mol. The number of nitrogens with zero attached hydrogens (tertiary/aromatic N) is 2. The van der Waals surface area contributed by atoms with Crippen LogP contribution in [0.1, 0.15) is 16.9 Å². The number of nitrogens with two attached hydrogens (primary N) is 2. The molecule has 2 rings (SSSR count). The van der Waals surface area contributed by atoms with Crippen molar-refractivity contribution in [1.82, 2.24) is 4.98 Å². The molecule has 0 spiro atoms. The molecule has 0 aliphatic heterocycles. The summed E-state index contributed by atoms with van der Waals surface area (Å²) in [5.74, 6) is -0.889. The molecule has 0 bridgehead atoms. The number of aromatic nitrogens is 1. The maximum atomic E-state index is 13.1. The van der Waals surface area contributed by atoms with Gasteiger partial charge in [0.25, 0.3) is 5.91 Å². The molecule has 0 radical (unpaired) electrons. The van der Waals surface area contributed by atoms with Gasteiger partial charge in [-0.3, -0.25) is 9.78 Å². The molecule has 21 heavy (non-hydrogen) atoms. The number of hydrogen-bond donors (Lipinski definition) is 2.